The first-order chi connectivity index (χ1) is 13.4. The van der Waals surface area contributed by atoms with Gasteiger partial charge in [-0.25, -0.2) is 4.98 Å². The standard InChI is InChI=1S/C19H16F3N3O3/c20-19(21,22)18-24-13-6-5-11(9-14(13)25-18)17(26)23-8-7-12-10-27-15-3-1-2-4-16(15)28-12/h1-6,9,12H,7-8,10H2,(H,23,26)(H,24,25)/t12-/m1/s1. The molecule has 0 bridgehead atoms. The van der Waals surface area contributed by atoms with Crippen LogP contribution in [-0.2, 0) is 6.18 Å². The fourth-order valence-corrected chi connectivity index (χ4v) is 2.94. The van der Waals surface area contributed by atoms with Crippen LogP contribution < -0.4 is 14.8 Å². The summed E-state index contributed by atoms with van der Waals surface area (Å²) in [5, 5.41) is 2.74. The van der Waals surface area contributed by atoms with Gasteiger partial charge in [-0.2, -0.15) is 13.2 Å². The minimum Gasteiger partial charge on any atom is -0.486 e. The highest BCUT2D eigenvalue weighted by atomic mass is 19.4. The number of H-pyrrole nitrogens is 1. The lowest BCUT2D eigenvalue weighted by atomic mass is 10.1. The summed E-state index contributed by atoms with van der Waals surface area (Å²) in [5.74, 6) is -0.124. The first-order valence-electron chi connectivity index (χ1n) is 8.64. The van der Waals surface area contributed by atoms with Gasteiger partial charge in [0.2, 0.25) is 5.82 Å². The summed E-state index contributed by atoms with van der Waals surface area (Å²) in [6.45, 7) is 0.719. The number of imidazole rings is 1. The number of aromatic amines is 1. The number of carbonyl (C=O) groups is 1. The number of rotatable bonds is 4. The van der Waals surface area contributed by atoms with E-state index >= 15 is 0 Å². The van der Waals surface area contributed by atoms with Crippen molar-refractivity contribution < 1.29 is 27.4 Å². The molecule has 0 fully saturated rings. The van der Waals surface area contributed by atoms with Crippen LogP contribution in [0.4, 0.5) is 13.2 Å². The second-order valence-corrected chi connectivity index (χ2v) is 6.36. The fourth-order valence-electron chi connectivity index (χ4n) is 2.94. The third-order valence-electron chi connectivity index (χ3n) is 4.33. The zero-order chi connectivity index (χ0) is 19.7. The van der Waals surface area contributed by atoms with Gasteiger partial charge >= 0.3 is 6.18 Å². The number of alkyl halides is 3. The minimum absolute atomic E-state index is 0.148. The normalized spacial score (nSPS) is 16.2. The average molecular weight is 391 g/mol. The number of hydrogen-bond donors (Lipinski definition) is 2. The van der Waals surface area contributed by atoms with Crippen molar-refractivity contribution in [2.75, 3.05) is 13.2 Å². The molecule has 0 aliphatic carbocycles. The third kappa shape index (κ3) is 3.73. The molecule has 0 unspecified atom stereocenters. The molecule has 1 atom stereocenters. The van der Waals surface area contributed by atoms with Gasteiger partial charge in [0.25, 0.3) is 5.91 Å². The Bertz CT molecular complexity index is 1020. The molecule has 1 aromatic heterocycles. The summed E-state index contributed by atoms with van der Waals surface area (Å²) in [6, 6.07) is 11.5. The lowest BCUT2D eigenvalue weighted by Crippen LogP contribution is -2.34. The van der Waals surface area contributed by atoms with E-state index in [-0.39, 0.29) is 28.6 Å². The van der Waals surface area contributed by atoms with Crippen molar-refractivity contribution in [3.63, 3.8) is 0 Å². The van der Waals surface area contributed by atoms with E-state index in [4.69, 9.17) is 9.47 Å². The maximum atomic E-state index is 12.7. The van der Waals surface area contributed by atoms with Gasteiger partial charge in [-0.1, -0.05) is 12.1 Å². The molecule has 0 radical (unpaired) electrons. The van der Waals surface area contributed by atoms with Gasteiger partial charge in [-0.3, -0.25) is 4.79 Å². The van der Waals surface area contributed by atoms with E-state index in [1.165, 1.54) is 18.2 Å². The number of benzene rings is 2. The maximum absolute atomic E-state index is 12.7. The summed E-state index contributed by atoms with van der Waals surface area (Å²) in [6.07, 6.45) is -4.23. The van der Waals surface area contributed by atoms with Crippen molar-refractivity contribution >= 4 is 16.9 Å². The number of nitrogens with one attached hydrogen (secondary N) is 2. The quantitative estimate of drug-likeness (QED) is 0.713. The number of fused-ring (bicyclic) bond motifs is 2. The van der Waals surface area contributed by atoms with E-state index in [0.29, 0.717) is 31.1 Å². The van der Waals surface area contributed by atoms with E-state index in [1.807, 2.05) is 24.3 Å². The molecule has 3 aromatic rings. The van der Waals surface area contributed by atoms with Gasteiger partial charge in [-0.15, -0.1) is 0 Å². The third-order valence-corrected chi connectivity index (χ3v) is 4.33. The Kier molecular flexibility index (Phi) is 4.58. The monoisotopic (exact) mass is 391 g/mol. The smallest absolute Gasteiger partial charge is 0.449 e. The molecule has 1 amide bonds. The highest BCUT2D eigenvalue weighted by Crippen LogP contribution is 2.31. The Morgan fingerprint density at radius 2 is 2.00 bits per heavy atom. The van der Waals surface area contributed by atoms with Crippen LogP contribution in [0.3, 0.4) is 0 Å². The van der Waals surface area contributed by atoms with Crippen molar-refractivity contribution in [1.82, 2.24) is 15.3 Å². The van der Waals surface area contributed by atoms with Gasteiger partial charge in [-0.05, 0) is 30.3 Å². The number of carbonyl (C=O) groups excluding carboxylic acids is 1. The van der Waals surface area contributed by atoms with E-state index in [2.05, 4.69) is 15.3 Å². The molecule has 4 rings (SSSR count). The van der Waals surface area contributed by atoms with Crippen molar-refractivity contribution in [1.29, 1.82) is 0 Å². The molecule has 0 spiro atoms. The van der Waals surface area contributed by atoms with Gasteiger partial charge in [0.05, 0.1) is 11.0 Å². The number of ether oxygens (including phenoxy) is 2. The van der Waals surface area contributed by atoms with E-state index in [1.54, 1.807) is 0 Å². The SMILES string of the molecule is O=C(NCC[C@@H]1COc2ccccc2O1)c1ccc2nc(C(F)(F)F)[nH]c2c1. The van der Waals surface area contributed by atoms with Crippen molar-refractivity contribution in [2.45, 2.75) is 18.7 Å². The lowest BCUT2D eigenvalue weighted by Gasteiger charge is -2.26. The van der Waals surface area contributed by atoms with E-state index in [0.717, 1.165) is 0 Å². The van der Waals surface area contributed by atoms with Crippen LogP contribution in [0.5, 0.6) is 11.5 Å². The number of amides is 1. The number of halogens is 3. The molecule has 9 heteroatoms. The van der Waals surface area contributed by atoms with Crippen LogP contribution in [0.15, 0.2) is 42.5 Å². The molecule has 1 aliphatic heterocycles. The van der Waals surface area contributed by atoms with Crippen LogP contribution in [0.2, 0.25) is 0 Å². The first-order valence-corrected chi connectivity index (χ1v) is 8.64. The van der Waals surface area contributed by atoms with Crippen molar-refractivity contribution in [3.8, 4) is 11.5 Å². The molecule has 2 N–H and O–H groups in total. The topological polar surface area (TPSA) is 76.2 Å². The molecule has 0 saturated heterocycles. The Hall–Kier alpha value is -3.23. The van der Waals surface area contributed by atoms with Gasteiger partial charge < -0.3 is 19.8 Å². The van der Waals surface area contributed by atoms with Gasteiger partial charge in [0, 0.05) is 18.5 Å². The van der Waals surface area contributed by atoms with Crippen molar-refractivity contribution in [2.24, 2.45) is 0 Å². The Morgan fingerprint density at radius 3 is 2.79 bits per heavy atom. The molecule has 28 heavy (non-hydrogen) atoms. The summed E-state index contributed by atoms with van der Waals surface area (Å²) < 4.78 is 49.6. The molecule has 1 aliphatic rings. The highest BCUT2D eigenvalue weighted by Gasteiger charge is 2.34. The van der Waals surface area contributed by atoms with E-state index < -0.39 is 12.0 Å². The zero-order valence-electron chi connectivity index (χ0n) is 14.5. The predicted octanol–water partition coefficient (Wildman–Crippen LogP) is 3.54. The number of para-hydroxylation sites is 2. The van der Waals surface area contributed by atoms with Crippen molar-refractivity contribution in [3.05, 3.63) is 53.9 Å². The van der Waals surface area contributed by atoms with Crippen LogP contribution in [0, 0.1) is 0 Å². The molecular formula is C19H16F3N3O3. The average Bonchev–Trinajstić information content (AvgIpc) is 3.11. The molecule has 2 heterocycles. The Balaban J connectivity index is 1.35. The predicted molar refractivity (Wildman–Crippen MR) is 94.4 cm³/mol. The van der Waals surface area contributed by atoms with Gasteiger partial charge in [0.15, 0.2) is 11.5 Å². The summed E-state index contributed by atoms with van der Waals surface area (Å²) >= 11 is 0. The number of nitrogens with zero attached hydrogens (tertiary/aromatic N) is 1. The Labute approximate surface area is 157 Å². The van der Waals surface area contributed by atoms with E-state index in [9.17, 15) is 18.0 Å². The largest absolute Gasteiger partial charge is 0.486 e. The molecule has 6 nitrogen and oxygen atoms in total. The van der Waals surface area contributed by atoms with Crippen LogP contribution in [-0.4, -0.2) is 35.1 Å². The molecule has 146 valence electrons. The maximum Gasteiger partial charge on any atom is 0.449 e. The zero-order valence-corrected chi connectivity index (χ0v) is 14.5. The van der Waals surface area contributed by atoms with Gasteiger partial charge in [0.1, 0.15) is 12.7 Å². The second-order valence-electron chi connectivity index (χ2n) is 6.36. The number of aromatic nitrogens is 2. The van der Waals surface area contributed by atoms with Crippen LogP contribution in [0.1, 0.15) is 22.6 Å². The molecule has 0 saturated carbocycles. The minimum atomic E-state index is -4.57. The highest BCUT2D eigenvalue weighted by molar-refractivity contribution is 5.97. The molecular weight excluding hydrogens is 375 g/mol. The lowest BCUT2D eigenvalue weighted by molar-refractivity contribution is -0.144. The van der Waals surface area contributed by atoms with Crippen LogP contribution >= 0.6 is 0 Å². The number of hydrogen-bond acceptors (Lipinski definition) is 4. The summed E-state index contributed by atoms with van der Waals surface area (Å²) in [4.78, 5) is 18.0. The van der Waals surface area contributed by atoms with Crippen LogP contribution in [0.25, 0.3) is 11.0 Å². The molecule has 2 aromatic carbocycles. The first kappa shape index (κ1) is 18.1. The summed E-state index contributed by atoms with van der Waals surface area (Å²) in [5.41, 5.74) is 0.548. The summed E-state index contributed by atoms with van der Waals surface area (Å²) in [7, 11) is 0. The Morgan fingerprint density at radius 1 is 1.21 bits per heavy atom. The fraction of sp³-hybridized carbons (Fsp3) is 0.263. The second kappa shape index (κ2) is 7.06.